The molecule has 0 amide bonds. The van der Waals surface area contributed by atoms with Crippen LogP contribution in [0.5, 0.6) is 0 Å². The van der Waals surface area contributed by atoms with Crippen LogP contribution in [0.4, 0.5) is 0 Å². The lowest BCUT2D eigenvalue weighted by molar-refractivity contribution is 0.181. The molecule has 1 N–H and O–H groups in total. The van der Waals surface area contributed by atoms with E-state index in [1.807, 2.05) is 0 Å². The van der Waals surface area contributed by atoms with Crippen LogP contribution in [0, 0.1) is 11.8 Å². The fourth-order valence-corrected chi connectivity index (χ4v) is 3.96. The average Bonchev–Trinajstić information content (AvgIpc) is 2.92. The van der Waals surface area contributed by atoms with E-state index in [1.165, 1.54) is 44.3 Å². The Morgan fingerprint density at radius 1 is 1.21 bits per heavy atom. The highest BCUT2D eigenvalue weighted by molar-refractivity contribution is 5.10. The smallest absolute Gasteiger partial charge is 0.0950 e. The van der Waals surface area contributed by atoms with Gasteiger partial charge in [0.2, 0.25) is 0 Å². The standard InChI is InChI=1S/C16H27N3/c1-12-5-3-7-15(13(12)2)19-11-18-10-16(19)14-6-4-8-17-9-14/h10-15,17H,3-9H2,1-2H3. The number of nitrogens with one attached hydrogen (secondary N) is 1. The molecule has 2 aliphatic rings. The largest absolute Gasteiger partial charge is 0.331 e. The molecule has 1 aliphatic carbocycles. The predicted molar refractivity (Wildman–Crippen MR) is 78.3 cm³/mol. The summed E-state index contributed by atoms with van der Waals surface area (Å²) < 4.78 is 2.51. The van der Waals surface area contributed by atoms with Gasteiger partial charge < -0.3 is 9.88 Å². The van der Waals surface area contributed by atoms with Crippen LogP contribution < -0.4 is 5.32 Å². The summed E-state index contributed by atoms with van der Waals surface area (Å²) in [6.45, 7) is 7.15. The molecule has 2 fully saturated rings. The van der Waals surface area contributed by atoms with Crippen molar-refractivity contribution >= 4 is 0 Å². The quantitative estimate of drug-likeness (QED) is 0.885. The van der Waals surface area contributed by atoms with Crippen molar-refractivity contribution in [2.24, 2.45) is 11.8 Å². The lowest BCUT2D eigenvalue weighted by atomic mass is 9.77. The number of nitrogens with zero attached hydrogens (tertiary/aromatic N) is 2. The molecule has 3 heteroatoms. The summed E-state index contributed by atoms with van der Waals surface area (Å²) in [5.41, 5.74) is 1.47. The molecular formula is C16H27N3. The molecule has 3 nitrogen and oxygen atoms in total. The Balaban J connectivity index is 1.82. The SMILES string of the molecule is CC1CCCC(n2cncc2C2CCCNC2)C1C. The van der Waals surface area contributed by atoms with Gasteiger partial charge in [-0.15, -0.1) is 0 Å². The summed E-state index contributed by atoms with van der Waals surface area (Å²) in [4.78, 5) is 4.47. The second-order valence-corrected chi connectivity index (χ2v) is 6.60. The van der Waals surface area contributed by atoms with Crippen molar-refractivity contribution in [2.75, 3.05) is 13.1 Å². The molecule has 1 aromatic heterocycles. The van der Waals surface area contributed by atoms with Crippen LogP contribution in [-0.4, -0.2) is 22.6 Å². The fraction of sp³-hybridized carbons (Fsp3) is 0.812. The van der Waals surface area contributed by atoms with Gasteiger partial charge in [0.25, 0.3) is 0 Å². The van der Waals surface area contributed by atoms with Crippen molar-refractivity contribution in [2.45, 2.75) is 57.9 Å². The van der Waals surface area contributed by atoms with Crippen molar-refractivity contribution in [3.8, 4) is 0 Å². The third kappa shape index (κ3) is 2.58. The molecule has 1 aromatic rings. The maximum absolute atomic E-state index is 4.47. The van der Waals surface area contributed by atoms with Crippen LogP contribution in [0.1, 0.15) is 63.6 Å². The minimum Gasteiger partial charge on any atom is -0.331 e. The van der Waals surface area contributed by atoms with Gasteiger partial charge in [-0.25, -0.2) is 4.98 Å². The van der Waals surface area contributed by atoms with E-state index in [9.17, 15) is 0 Å². The van der Waals surface area contributed by atoms with Gasteiger partial charge in [0.05, 0.1) is 6.33 Å². The van der Waals surface area contributed by atoms with Crippen LogP contribution in [-0.2, 0) is 0 Å². The number of rotatable bonds is 2. The Labute approximate surface area is 116 Å². The zero-order valence-electron chi connectivity index (χ0n) is 12.3. The second-order valence-electron chi connectivity index (χ2n) is 6.60. The average molecular weight is 261 g/mol. The Kier molecular flexibility index (Phi) is 3.92. The number of hydrogen-bond donors (Lipinski definition) is 1. The molecule has 0 radical (unpaired) electrons. The van der Waals surface area contributed by atoms with Gasteiger partial charge in [0, 0.05) is 30.4 Å². The number of imidazole rings is 1. The van der Waals surface area contributed by atoms with Gasteiger partial charge in [-0.1, -0.05) is 26.7 Å². The first kappa shape index (κ1) is 13.2. The molecule has 0 spiro atoms. The molecule has 1 aliphatic heterocycles. The lowest BCUT2D eigenvalue weighted by Crippen LogP contribution is -2.32. The summed E-state index contributed by atoms with van der Waals surface area (Å²) in [6, 6.07) is 0.670. The highest BCUT2D eigenvalue weighted by Gasteiger charge is 2.30. The molecule has 4 unspecified atom stereocenters. The van der Waals surface area contributed by atoms with Gasteiger partial charge in [-0.3, -0.25) is 0 Å². The monoisotopic (exact) mass is 261 g/mol. The highest BCUT2D eigenvalue weighted by Crippen LogP contribution is 2.39. The van der Waals surface area contributed by atoms with E-state index in [1.54, 1.807) is 0 Å². The summed E-state index contributed by atoms with van der Waals surface area (Å²) in [6.07, 6.45) is 10.9. The van der Waals surface area contributed by atoms with E-state index in [4.69, 9.17) is 0 Å². The van der Waals surface area contributed by atoms with Crippen LogP contribution in [0.15, 0.2) is 12.5 Å². The zero-order valence-corrected chi connectivity index (χ0v) is 12.3. The van der Waals surface area contributed by atoms with Crippen molar-refractivity contribution in [3.05, 3.63) is 18.2 Å². The minimum atomic E-state index is 0.667. The van der Waals surface area contributed by atoms with Gasteiger partial charge >= 0.3 is 0 Å². The maximum atomic E-state index is 4.47. The van der Waals surface area contributed by atoms with E-state index >= 15 is 0 Å². The molecular weight excluding hydrogens is 234 g/mol. The third-order valence-electron chi connectivity index (χ3n) is 5.43. The molecule has 2 heterocycles. The first-order chi connectivity index (χ1) is 9.27. The second kappa shape index (κ2) is 5.66. The van der Waals surface area contributed by atoms with Gasteiger partial charge in [0.1, 0.15) is 0 Å². The minimum absolute atomic E-state index is 0.667. The van der Waals surface area contributed by atoms with Crippen molar-refractivity contribution in [1.29, 1.82) is 0 Å². The van der Waals surface area contributed by atoms with Crippen LogP contribution in [0.25, 0.3) is 0 Å². The number of piperidine rings is 1. The van der Waals surface area contributed by atoms with E-state index in [0.29, 0.717) is 12.0 Å². The molecule has 4 atom stereocenters. The lowest BCUT2D eigenvalue weighted by Gasteiger charge is -2.37. The molecule has 1 saturated heterocycles. The molecule has 19 heavy (non-hydrogen) atoms. The van der Waals surface area contributed by atoms with E-state index in [0.717, 1.165) is 18.4 Å². The molecule has 3 rings (SSSR count). The summed E-state index contributed by atoms with van der Waals surface area (Å²) in [7, 11) is 0. The number of hydrogen-bond acceptors (Lipinski definition) is 2. The van der Waals surface area contributed by atoms with Crippen molar-refractivity contribution in [3.63, 3.8) is 0 Å². The predicted octanol–water partition coefficient (Wildman–Crippen LogP) is 3.35. The Hall–Kier alpha value is -0.830. The Bertz CT molecular complexity index is 406. The first-order valence-electron chi connectivity index (χ1n) is 8.00. The summed E-state index contributed by atoms with van der Waals surface area (Å²) in [5, 5.41) is 3.53. The first-order valence-corrected chi connectivity index (χ1v) is 8.00. The molecule has 0 aromatic carbocycles. The Morgan fingerprint density at radius 3 is 2.89 bits per heavy atom. The molecule has 0 bridgehead atoms. The van der Waals surface area contributed by atoms with Gasteiger partial charge in [-0.2, -0.15) is 0 Å². The van der Waals surface area contributed by atoms with Gasteiger partial charge in [-0.05, 0) is 37.6 Å². The van der Waals surface area contributed by atoms with Crippen molar-refractivity contribution < 1.29 is 0 Å². The zero-order chi connectivity index (χ0) is 13.2. The summed E-state index contributed by atoms with van der Waals surface area (Å²) >= 11 is 0. The molecule has 106 valence electrons. The molecule has 1 saturated carbocycles. The van der Waals surface area contributed by atoms with E-state index < -0.39 is 0 Å². The van der Waals surface area contributed by atoms with E-state index in [-0.39, 0.29) is 0 Å². The third-order valence-corrected chi connectivity index (χ3v) is 5.43. The van der Waals surface area contributed by atoms with Crippen LogP contribution in [0.2, 0.25) is 0 Å². The topological polar surface area (TPSA) is 29.9 Å². The van der Waals surface area contributed by atoms with Crippen LogP contribution in [0.3, 0.4) is 0 Å². The van der Waals surface area contributed by atoms with Gasteiger partial charge in [0.15, 0.2) is 0 Å². The summed E-state index contributed by atoms with van der Waals surface area (Å²) in [5.74, 6) is 2.29. The van der Waals surface area contributed by atoms with Crippen LogP contribution >= 0.6 is 0 Å². The normalized spacial score (nSPS) is 36.3. The maximum Gasteiger partial charge on any atom is 0.0950 e. The van der Waals surface area contributed by atoms with E-state index in [2.05, 4.69) is 41.2 Å². The highest BCUT2D eigenvalue weighted by atomic mass is 15.1. The fourth-order valence-electron chi connectivity index (χ4n) is 3.96. The van der Waals surface area contributed by atoms with Crippen molar-refractivity contribution in [1.82, 2.24) is 14.9 Å². The number of aromatic nitrogens is 2. The Morgan fingerprint density at radius 2 is 2.11 bits per heavy atom.